The van der Waals surface area contributed by atoms with Crippen LogP contribution in [-0.2, 0) is 4.79 Å². The fourth-order valence-corrected chi connectivity index (χ4v) is 2.42. The minimum atomic E-state index is -0.333. The van der Waals surface area contributed by atoms with Gasteiger partial charge in [0, 0.05) is 20.0 Å². The highest BCUT2D eigenvalue weighted by molar-refractivity contribution is 5.90. The van der Waals surface area contributed by atoms with E-state index in [4.69, 9.17) is 0 Å². The maximum atomic E-state index is 11.9. The monoisotopic (exact) mass is 299 g/mol. The van der Waals surface area contributed by atoms with Crippen LogP contribution in [0.5, 0.6) is 0 Å². The fraction of sp³-hybridized carbons (Fsp3) is 0.267. The number of aromatic nitrogens is 2. The fourth-order valence-electron chi connectivity index (χ4n) is 2.42. The normalized spacial score (nSPS) is 17.6. The average molecular weight is 299 g/mol. The summed E-state index contributed by atoms with van der Waals surface area (Å²) in [6.45, 7) is 0.537. The topological polar surface area (TPSA) is 79.3 Å². The number of nitrogens with one attached hydrogen (secondary N) is 2. The lowest BCUT2D eigenvalue weighted by atomic mass is 10.2. The molecule has 1 aliphatic rings. The van der Waals surface area contributed by atoms with Gasteiger partial charge in [0.15, 0.2) is 0 Å². The number of benzene rings is 1. The summed E-state index contributed by atoms with van der Waals surface area (Å²) >= 11 is 0. The molecule has 1 atom stereocenters. The van der Waals surface area contributed by atoms with E-state index in [1.54, 1.807) is 29.0 Å². The number of hydrogen-bond donors (Lipinski definition) is 2. The SMILES string of the molecule is CN1C[C@@H](NC(=O)Nc2cnn(-c3ccccc3)c2)CC1=O. The first kappa shape index (κ1) is 14.1. The Balaban J connectivity index is 1.58. The second-order valence-corrected chi connectivity index (χ2v) is 5.28. The predicted octanol–water partition coefficient (Wildman–Crippen LogP) is 1.22. The number of para-hydroxylation sites is 1. The highest BCUT2D eigenvalue weighted by atomic mass is 16.2. The molecular weight excluding hydrogens is 282 g/mol. The van der Waals surface area contributed by atoms with Crippen molar-refractivity contribution in [2.45, 2.75) is 12.5 Å². The Hall–Kier alpha value is -2.83. The van der Waals surface area contributed by atoms with Crippen LogP contribution in [0, 0.1) is 0 Å². The number of carbonyl (C=O) groups is 2. The third-order valence-electron chi connectivity index (χ3n) is 3.54. The molecule has 0 bridgehead atoms. The van der Waals surface area contributed by atoms with Crippen LogP contribution in [0.3, 0.4) is 0 Å². The molecule has 0 aliphatic carbocycles. The van der Waals surface area contributed by atoms with Crippen LogP contribution in [0.2, 0.25) is 0 Å². The van der Waals surface area contributed by atoms with Gasteiger partial charge >= 0.3 is 6.03 Å². The lowest BCUT2D eigenvalue weighted by Gasteiger charge is -2.12. The molecule has 0 saturated carbocycles. The van der Waals surface area contributed by atoms with Crippen LogP contribution in [0.25, 0.3) is 5.69 Å². The van der Waals surface area contributed by atoms with E-state index in [1.165, 1.54) is 0 Å². The lowest BCUT2D eigenvalue weighted by molar-refractivity contribution is -0.126. The second-order valence-electron chi connectivity index (χ2n) is 5.28. The molecule has 1 aromatic heterocycles. The van der Waals surface area contributed by atoms with Gasteiger partial charge in [-0.3, -0.25) is 4.79 Å². The first-order chi connectivity index (χ1) is 10.6. The summed E-state index contributed by atoms with van der Waals surface area (Å²) in [6, 6.07) is 9.14. The predicted molar refractivity (Wildman–Crippen MR) is 81.8 cm³/mol. The van der Waals surface area contributed by atoms with E-state index in [2.05, 4.69) is 15.7 Å². The minimum absolute atomic E-state index is 0.0437. The highest BCUT2D eigenvalue weighted by Crippen LogP contribution is 2.12. The number of rotatable bonds is 3. The summed E-state index contributed by atoms with van der Waals surface area (Å²) in [7, 11) is 1.73. The Labute approximate surface area is 127 Å². The number of anilines is 1. The van der Waals surface area contributed by atoms with Gasteiger partial charge in [0.1, 0.15) is 0 Å². The maximum Gasteiger partial charge on any atom is 0.319 e. The lowest BCUT2D eigenvalue weighted by Crippen LogP contribution is -2.39. The number of carbonyl (C=O) groups excluding carboxylic acids is 2. The molecule has 114 valence electrons. The van der Waals surface area contributed by atoms with Gasteiger partial charge in [-0.2, -0.15) is 5.10 Å². The van der Waals surface area contributed by atoms with Crippen molar-refractivity contribution in [1.29, 1.82) is 0 Å². The van der Waals surface area contributed by atoms with Gasteiger partial charge in [0.25, 0.3) is 0 Å². The Morgan fingerprint density at radius 3 is 2.77 bits per heavy atom. The molecule has 3 rings (SSSR count). The van der Waals surface area contributed by atoms with Crippen LogP contribution < -0.4 is 10.6 Å². The zero-order valence-electron chi connectivity index (χ0n) is 12.2. The number of amides is 3. The molecule has 0 unspecified atom stereocenters. The quantitative estimate of drug-likeness (QED) is 0.894. The van der Waals surface area contributed by atoms with Crippen molar-refractivity contribution in [3.8, 4) is 5.69 Å². The third kappa shape index (κ3) is 3.08. The third-order valence-corrected chi connectivity index (χ3v) is 3.54. The van der Waals surface area contributed by atoms with Gasteiger partial charge in [0.2, 0.25) is 5.91 Å². The van der Waals surface area contributed by atoms with E-state index in [-0.39, 0.29) is 18.0 Å². The number of hydrogen-bond acceptors (Lipinski definition) is 3. The summed E-state index contributed by atoms with van der Waals surface area (Å²) in [5.41, 5.74) is 1.51. The zero-order chi connectivity index (χ0) is 15.5. The van der Waals surface area contributed by atoms with Crippen molar-refractivity contribution < 1.29 is 9.59 Å². The Morgan fingerprint density at radius 2 is 2.09 bits per heavy atom. The van der Waals surface area contributed by atoms with Crippen LogP contribution in [0.4, 0.5) is 10.5 Å². The standard InChI is InChI=1S/C15H17N5O2/c1-19-9-11(7-14(19)21)17-15(22)18-12-8-16-20(10-12)13-5-3-2-4-6-13/h2-6,8,10-11H,7,9H2,1H3,(H2,17,18,22)/t11-/m0/s1. The smallest absolute Gasteiger partial charge is 0.319 e. The van der Waals surface area contributed by atoms with E-state index in [9.17, 15) is 9.59 Å². The first-order valence-corrected chi connectivity index (χ1v) is 7.03. The summed E-state index contributed by atoms with van der Waals surface area (Å²) in [6.07, 6.45) is 3.66. The minimum Gasteiger partial charge on any atom is -0.344 e. The van der Waals surface area contributed by atoms with E-state index < -0.39 is 0 Å². The number of urea groups is 1. The molecule has 1 saturated heterocycles. The summed E-state index contributed by atoms with van der Waals surface area (Å²) in [4.78, 5) is 25.0. The van der Waals surface area contributed by atoms with Crippen LogP contribution in [0.1, 0.15) is 6.42 Å². The molecule has 7 nitrogen and oxygen atoms in total. The van der Waals surface area contributed by atoms with E-state index in [0.29, 0.717) is 18.7 Å². The van der Waals surface area contributed by atoms with Gasteiger partial charge in [-0.05, 0) is 12.1 Å². The molecule has 22 heavy (non-hydrogen) atoms. The van der Waals surface area contributed by atoms with Crippen LogP contribution >= 0.6 is 0 Å². The first-order valence-electron chi connectivity index (χ1n) is 7.03. The molecule has 1 fully saturated rings. The van der Waals surface area contributed by atoms with Crippen molar-refractivity contribution in [2.75, 3.05) is 18.9 Å². The largest absolute Gasteiger partial charge is 0.344 e. The number of likely N-dealkylation sites (N-methyl/N-ethyl adjacent to an activating group) is 1. The summed E-state index contributed by atoms with van der Waals surface area (Å²) in [5, 5.41) is 9.72. The van der Waals surface area contributed by atoms with E-state index in [1.807, 2.05) is 30.3 Å². The van der Waals surface area contributed by atoms with Crippen molar-refractivity contribution in [2.24, 2.45) is 0 Å². The van der Waals surface area contributed by atoms with Crippen molar-refractivity contribution in [3.05, 3.63) is 42.7 Å². The number of likely N-dealkylation sites (tertiary alicyclic amines) is 1. The average Bonchev–Trinajstić information content (AvgIpc) is 3.07. The van der Waals surface area contributed by atoms with Crippen LogP contribution in [0.15, 0.2) is 42.7 Å². The summed E-state index contributed by atoms with van der Waals surface area (Å²) in [5.74, 6) is 0.0437. The molecule has 1 aliphatic heterocycles. The Morgan fingerprint density at radius 1 is 1.32 bits per heavy atom. The van der Waals surface area contributed by atoms with E-state index >= 15 is 0 Å². The van der Waals surface area contributed by atoms with Crippen molar-refractivity contribution in [3.63, 3.8) is 0 Å². The Bertz CT molecular complexity index is 682. The highest BCUT2D eigenvalue weighted by Gasteiger charge is 2.27. The molecule has 7 heteroatoms. The molecular formula is C15H17N5O2. The zero-order valence-corrected chi connectivity index (χ0v) is 12.2. The van der Waals surface area contributed by atoms with Crippen molar-refractivity contribution in [1.82, 2.24) is 20.0 Å². The molecule has 3 amide bonds. The molecule has 2 heterocycles. The summed E-state index contributed by atoms with van der Waals surface area (Å²) < 4.78 is 1.68. The van der Waals surface area contributed by atoms with Gasteiger partial charge < -0.3 is 15.5 Å². The number of nitrogens with zero attached hydrogens (tertiary/aromatic N) is 3. The van der Waals surface area contributed by atoms with Gasteiger partial charge in [-0.1, -0.05) is 18.2 Å². The molecule has 0 spiro atoms. The van der Waals surface area contributed by atoms with Gasteiger partial charge in [-0.15, -0.1) is 0 Å². The maximum absolute atomic E-state index is 11.9. The van der Waals surface area contributed by atoms with Gasteiger partial charge in [-0.25, -0.2) is 9.48 Å². The van der Waals surface area contributed by atoms with E-state index in [0.717, 1.165) is 5.69 Å². The Kier molecular flexibility index (Phi) is 3.78. The second kappa shape index (κ2) is 5.88. The molecule has 2 N–H and O–H groups in total. The van der Waals surface area contributed by atoms with Crippen molar-refractivity contribution >= 4 is 17.6 Å². The molecule has 0 radical (unpaired) electrons. The molecule has 2 aromatic rings. The van der Waals surface area contributed by atoms with Gasteiger partial charge in [0.05, 0.1) is 29.8 Å². The van der Waals surface area contributed by atoms with Crippen LogP contribution in [-0.4, -0.2) is 46.3 Å². The molecule has 1 aromatic carbocycles.